The number of alkyl halides is 3. The van der Waals surface area contributed by atoms with Crippen LogP contribution in [0.1, 0.15) is 5.56 Å². The molecule has 20 heavy (non-hydrogen) atoms. The number of anilines is 1. The normalized spacial score (nSPS) is 13.1. The summed E-state index contributed by atoms with van der Waals surface area (Å²) in [5.41, 5.74) is 0.540. The van der Waals surface area contributed by atoms with Crippen LogP contribution in [0.15, 0.2) is 24.3 Å². The summed E-state index contributed by atoms with van der Waals surface area (Å²) in [7, 11) is 0. The van der Waals surface area contributed by atoms with E-state index in [0.29, 0.717) is 0 Å². The SMILES string of the molecule is Cc1ccc(NC(F)(F)C(F)C([N+](=O)[O-])[N+](=O)[O-])cc1. The second-order valence-electron chi connectivity index (χ2n) is 4.00. The summed E-state index contributed by atoms with van der Waals surface area (Å²) in [6.45, 7) is 1.69. The summed E-state index contributed by atoms with van der Waals surface area (Å²) in [6, 6.07) is 0.834. The molecule has 1 N–H and O–H groups in total. The fraction of sp³-hybridized carbons (Fsp3) is 0.400. The Balaban J connectivity index is 2.93. The van der Waals surface area contributed by atoms with Crippen molar-refractivity contribution in [2.24, 2.45) is 0 Å². The molecule has 7 nitrogen and oxygen atoms in total. The molecule has 0 aliphatic carbocycles. The number of hydrogen-bond donors (Lipinski definition) is 1. The average molecular weight is 293 g/mol. The van der Waals surface area contributed by atoms with Crippen molar-refractivity contribution in [1.82, 2.24) is 0 Å². The predicted molar refractivity (Wildman–Crippen MR) is 62.4 cm³/mol. The van der Waals surface area contributed by atoms with Gasteiger partial charge in [0.2, 0.25) is 0 Å². The van der Waals surface area contributed by atoms with E-state index in [1.165, 1.54) is 29.6 Å². The zero-order valence-corrected chi connectivity index (χ0v) is 10.1. The zero-order chi connectivity index (χ0) is 15.5. The lowest BCUT2D eigenvalue weighted by atomic mass is 10.2. The van der Waals surface area contributed by atoms with Crippen LogP contribution in [-0.4, -0.2) is 28.2 Å². The maximum atomic E-state index is 13.5. The highest BCUT2D eigenvalue weighted by Gasteiger charge is 2.58. The number of nitrogens with one attached hydrogen (secondary N) is 1. The first kappa shape index (κ1) is 15.7. The monoisotopic (exact) mass is 293 g/mol. The van der Waals surface area contributed by atoms with Crippen LogP contribution < -0.4 is 5.32 Å². The summed E-state index contributed by atoms with van der Waals surface area (Å²) < 4.78 is 40.4. The summed E-state index contributed by atoms with van der Waals surface area (Å²) in [6.07, 6.45) is -6.86. The first-order valence-corrected chi connectivity index (χ1v) is 5.29. The van der Waals surface area contributed by atoms with Crippen molar-refractivity contribution in [2.75, 3.05) is 5.32 Å². The van der Waals surface area contributed by atoms with Gasteiger partial charge in [-0.25, -0.2) is 4.39 Å². The maximum Gasteiger partial charge on any atom is 0.488 e. The van der Waals surface area contributed by atoms with Gasteiger partial charge < -0.3 is 5.32 Å². The van der Waals surface area contributed by atoms with Crippen LogP contribution in [0.4, 0.5) is 18.9 Å². The van der Waals surface area contributed by atoms with Gasteiger partial charge in [-0.15, -0.1) is 0 Å². The lowest BCUT2D eigenvalue weighted by Gasteiger charge is -2.21. The summed E-state index contributed by atoms with van der Waals surface area (Å²) in [4.78, 5) is 17.2. The molecule has 0 aromatic heterocycles. The third-order valence-corrected chi connectivity index (χ3v) is 2.40. The Labute approximate surface area is 110 Å². The molecule has 0 heterocycles. The maximum absolute atomic E-state index is 13.5. The van der Waals surface area contributed by atoms with E-state index in [2.05, 4.69) is 0 Å². The zero-order valence-electron chi connectivity index (χ0n) is 10.1. The highest BCUT2D eigenvalue weighted by Crippen LogP contribution is 2.27. The van der Waals surface area contributed by atoms with Crippen molar-refractivity contribution >= 4 is 5.69 Å². The Bertz CT molecular complexity index is 495. The molecule has 1 unspecified atom stereocenters. The average Bonchev–Trinajstić information content (AvgIpc) is 2.31. The van der Waals surface area contributed by atoms with E-state index in [-0.39, 0.29) is 5.69 Å². The van der Waals surface area contributed by atoms with E-state index < -0.39 is 28.2 Å². The van der Waals surface area contributed by atoms with Gasteiger partial charge in [0.1, 0.15) is 0 Å². The fourth-order valence-corrected chi connectivity index (χ4v) is 1.38. The molecule has 0 radical (unpaired) electrons. The van der Waals surface area contributed by atoms with Crippen LogP contribution >= 0.6 is 0 Å². The number of rotatable bonds is 6. The molecule has 0 fully saturated rings. The van der Waals surface area contributed by atoms with Crippen LogP contribution in [0.25, 0.3) is 0 Å². The Kier molecular flexibility index (Phi) is 4.48. The molecule has 110 valence electrons. The number of nitro groups is 2. The third kappa shape index (κ3) is 3.56. The van der Waals surface area contributed by atoms with E-state index in [1.54, 1.807) is 6.92 Å². The van der Waals surface area contributed by atoms with E-state index >= 15 is 0 Å². The Morgan fingerprint density at radius 2 is 1.60 bits per heavy atom. The fourth-order valence-electron chi connectivity index (χ4n) is 1.38. The lowest BCUT2D eigenvalue weighted by molar-refractivity contribution is -0.752. The van der Waals surface area contributed by atoms with E-state index in [9.17, 15) is 33.4 Å². The summed E-state index contributed by atoms with van der Waals surface area (Å²) in [5, 5.41) is 22.0. The molecular formula is C10H10F3N3O4. The molecule has 0 aliphatic rings. The third-order valence-electron chi connectivity index (χ3n) is 2.40. The first-order chi connectivity index (χ1) is 9.15. The number of aryl methyl sites for hydroxylation is 1. The molecular weight excluding hydrogens is 283 g/mol. The van der Waals surface area contributed by atoms with Crippen molar-refractivity contribution < 1.29 is 23.0 Å². The predicted octanol–water partition coefficient (Wildman–Crippen LogP) is 2.22. The highest BCUT2D eigenvalue weighted by atomic mass is 19.3. The Hall–Kier alpha value is -2.39. The lowest BCUT2D eigenvalue weighted by Crippen LogP contribution is -2.51. The van der Waals surface area contributed by atoms with Gasteiger partial charge in [-0.2, -0.15) is 8.78 Å². The number of benzene rings is 1. The van der Waals surface area contributed by atoms with E-state index in [4.69, 9.17) is 0 Å². The second kappa shape index (κ2) is 5.72. The summed E-state index contributed by atoms with van der Waals surface area (Å²) in [5.74, 6) is 0. The number of hydrogen-bond acceptors (Lipinski definition) is 5. The minimum atomic E-state index is -4.46. The van der Waals surface area contributed by atoms with Crippen LogP contribution in [0, 0.1) is 27.2 Å². The van der Waals surface area contributed by atoms with Crippen molar-refractivity contribution in [1.29, 1.82) is 0 Å². The smallest absolute Gasteiger partial charge is 0.324 e. The number of halogens is 3. The quantitative estimate of drug-likeness (QED) is 0.375. The van der Waals surface area contributed by atoms with Gasteiger partial charge in [-0.1, -0.05) is 17.7 Å². The Morgan fingerprint density at radius 1 is 1.15 bits per heavy atom. The van der Waals surface area contributed by atoms with Gasteiger partial charge in [0.25, 0.3) is 0 Å². The van der Waals surface area contributed by atoms with Crippen molar-refractivity contribution in [3.63, 3.8) is 0 Å². The van der Waals surface area contributed by atoms with E-state index in [1.807, 2.05) is 0 Å². The first-order valence-electron chi connectivity index (χ1n) is 5.29. The molecule has 0 bridgehead atoms. The molecule has 1 aromatic carbocycles. The van der Waals surface area contributed by atoms with Gasteiger partial charge in [-0.3, -0.25) is 20.2 Å². The van der Waals surface area contributed by atoms with Gasteiger partial charge in [0.15, 0.2) is 0 Å². The molecule has 0 saturated heterocycles. The van der Waals surface area contributed by atoms with E-state index in [0.717, 1.165) is 5.56 Å². The van der Waals surface area contributed by atoms with Crippen LogP contribution in [0.5, 0.6) is 0 Å². The van der Waals surface area contributed by atoms with Gasteiger partial charge >= 0.3 is 18.4 Å². The number of nitrogens with zero attached hydrogens (tertiary/aromatic N) is 2. The molecule has 0 aliphatic heterocycles. The second-order valence-corrected chi connectivity index (χ2v) is 4.00. The van der Waals surface area contributed by atoms with Crippen LogP contribution in [0.2, 0.25) is 0 Å². The molecule has 0 saturated carbocycles. The minimum absolute atomic E-state index is 0.214. The Morgan fingerprint density at radius 3 is 2.00 bits per heavy atom. The van der Waals surface area contributed by atoms with Crippen LogP contribution in [0.3, 0.4) is 0 Å². The van der Waals surface area contributed by atoms with Crippen molar-refractivity contribution in [3.8, 4) is 0 Å². The minimum Gasteiger partial charge on any atom is -0.324 e. The van der Waals surface area contributed by atoms with Crippen LogP contribution in [-0.2, 0) is 0 Å². The largest absolute Gasteiger partial charge is 0.488 e. The van der Waals surface area contributed by atoms with Gasteiger partial charge in [-0.05, 0) is 19.1 Å². The van der Waals surface area contributed by atoms with Gasteiger partial charge in [0, 0.05) is 5.69 Å². The molecule has 1 atom stereocenters. The standard InChI is InChI=1S/C10H10F3N3O4/c1-6-2-4-7(5-3-6)14-10(12,13)8(11)9(15(17)18)16(19)20/h2-5,8-9,14H,1H3. The molecule has 1 aromatic rings. The molecule has 1 rings (SSSR count). The van der Waals surface area contributed by atoms with Crippen molar-refractivity contribution in [3.05, 3.63) is 50.1 Å². The van der Waals surface area contributed by atoms with Crippen molar-refractivity contribution in [2.45, 2.75) is 25.3 Å². The highest BCUT2D eigenvalue weighted by molar-refractivity contribution is 5.45. The summed E-state index contributed by atoms with van der Waals surface area (Å²) >= 11 is 0. The molecule has 0 amide bonds. The van der Waals surface area contributed by atoms with Gasteiger partial charge in [0.05, 0.1) is 9.85 Å². The molecule has 0 spiro atoms. The topological polar surface area (TPSA) is 98.3 Å². The molecule has 10 heteroatoms.